The number of aromatic nitrogens is 2. The van der Waals surface area contributed by atoms with Gasteiger partial charge in [-0.3, -0.25) is 9.36 Å². The first-order valence-corrected chi connectivity index (χ1v) is 8.87. The number of hydrogen-bond acceptors (Lipinski definition) is 3. The predicted molar refractivity (Wildman–Crippen MR) is 104 cm³/mol. The Bertz CT molecular complexity index is 949. The van der Waals surface area contributed by atoms with E-state index in [1.165, 1.54) is 0 Å². The molecule has 3 rings (SSSR count). The summed E-state index contributed by atoms with van der Waals surface area (Å²) in [6.07, 6.45) is 0. The average molecular weight is 356 g/mol. The average Bonchev–Trinajstić information content (AvgIpc) is 2.60. The molecule has 2 aromatic carbocycles. The van der Waals surface area contributed by atoms with Crippen molar-refractivity contribution in [1.29, 1.82) is 0 Å². The van der Waals surface area contributed by atoms with Gasteiger partial charge in [0, 0.05) is 0 Å². The maximum Gasteiger partial charge on any atom is 0.266 e. The zero-order chi connectivity index (χ0) is 18.0. The van der Waals surface area contributed by atoms with Gasteiger partial charge >= 0.3 is 0 Å². The van der Waals surface area contributed by atoms with Crippen LogP contribution in [0.4, 0.5) is 0 Å². The summed E-state index contributed by atoms with van der Waals surface area (Å²) in [5, 5.41) is 4.57. The van der Waals surface area contributed by atoms with Gasteiger partial charge in [-0.25, -0.2) is 4.98 Å². The van der Waals surface area contributed by atoms with Crippen LogP contribution in [0.1, 0.15) is 32.6 Å². The van der Waals surface area contributed by atoms with E-state index in [1.807, 2.05) is 43.3 Å². The van der Waals surface area contributed by atoms with E-state index in [0.29, 0.717) is 33.4 Å². The van der Waals surface area contributed by atoms with Crippen LogP contribution in [0.5, 0.6) is 0 Å². The Balaban J connectivity index is 2.25. The Kier molecular flexibility index (Phi) is 5.21. The lowest BCUT2D eigenvalue weighted by Gasteiger charge is -2.21. The summed E-state index contributed by atoms with van der Waals surface area (Å²) < 4.78 is 1.63. The molecule has 130 valence electrons. The molecule has 0 saturated carbocycles. The first-order valence-electron chi connectivity index (χ1n) is 8.49. The highest BCUT2D eigenvalue weighted by atomic mass is 35.5. The van der Waals surface area contributed by atoms with E-state index in [0.717, 1.165) is 6.54 Å². The van der Waals surface area contributed by atoms with Crippen molar-refractivity contribution in [3.63, 3.8) is 0 Å². The lowest BCUT2D eigenvalue weighted by molar-refractivity contribution is 0.475. The van der Waals surface area contributed by atoms with E-state index in [9.17, 15) is 4.79 Å². The number of hydrogen-bond donors (Lipinski definition) is 1. The molecule has 0 bridgehead atoms. The number of fused-ring (bicyclic) bond motifs is 1. The molecule has 0 fully saturated rings. The number of nitrogens with one attached hydrogen (secondary N) is 1. The van der Waals surface area contributed by atoms with Gasteiger partial charge in [-0.15, -0.1) is 0 Å². The quantitative estimate of drug-likeness (QED) is 0.740. The highest BCUT2D eigenvalue weighted by Gasteiger charge is 2.19. The van der Waals surface area contributed by atoms with Crippen molar-refractivity contribution >= 4 is 22.5 Å². The van der Waals surface area contributed by atoms with Crippen LogP contribution in [0, 0.1) is 5.92 Å². The lowest BCUT2D eigenvalue weighted by Crippen LogP contribution is -2.31. The summed E-state index contributed by atoms with van der Waals surface area (Å²) in [7, 11) is 0. The predicted octanol–water partition coefficient (Wildman–Crippen LogP) is 4.35. The Morgan fingerprint density at radius 3 is 2.48 bits per heavy atom. The third-order valence-electron chi connectivity index (χ3n) is 4.11. The topological polar surface area (TPSA) is 46.9 Å². The first kappa shape index (κ1) is 17.6. The summed E-state index contributed by atoms with van der Waals surface area (Å²) in [5.41, 5.74) is 1.25. The molecule has 0 aliphatic carbocycles. The van der Waals surface area contributed by atoms with E-state index in [2.05, 4.69) is 19.2 Å². The van der Waals surface area contributed by atoms with Crippen molar-refractivity contribution in [2.45, 2.75) is 26.8 Å². The molecular weight excluding hydrogens is 334 g/mol. The van der Waals surface area contributed by atoms with Crippen LogP contribution in [-0.4, -0.2) is 16.1 Å². The lowest BCUT2D eigenvalue weighted by atomic mass is 10.1. The van der Waals surface area contributed by atoms with Crippen molar-refractivity contribution in [3.05, 3.63) is 69.7 Å². The fraction of sp³-hybridized carbons (Fsp3) is 0.300. The molecule has 4 nitrogen and oxygen atoms in total. The SMILES string of the molecule is CC(C)CNC(C)c1nc2ccccc2c(=O)n1-c1ccccc1Cl. The summed E-state index contributed by atoms with van der Waals surface area (Å²) in [6, 6.07) is 14.7. The number of rotatable bonds is 5. The molecule has 0 spiro atoms. The highest BCUT2D eigenvalue weighted by Crippen LogP contribution is 2.23. The van der Waals surface area contributed by atoms with Gasteiger partial charge in [0.15, 0.2) is 0 Å². The molecule has 5 heteroatoms. The molecule has 25 heavy (non-hydrogen) atoms. The zero-order valence-corrected chi connectivity index (χ0v) is 15.4. The van der Waals surface area contributed by atoms with E-state index in [1.54, 1.807) is 16.7 Å². The first-order chi connectivity index (χ1) is 12.0. The van der Waals surface area contributed by atoms with E-state index in [4.69, 9.17) is 16.6 Å². The van der Waals surface area contributed by atoms with Gasteiger partial charge in [0.05, 0.1) is 27.7 Å². The minimum atomic E-state index is -0.105. The van der Waals surface area contributed by atoms with Gasteiger partial charge in [0.25, 0.3) is 5.56 Å². The highest BCUT2D eigenvalue weighted by molar-refractivity contribution is 6.32. The second-order valence-corrected chi connectivity index (χ2v) is 7.01. The minimum absolute atomic E-state index is 0.0871. The fourth-order valence-electron chi connectivity index (χ4n) is 2.81. The molecule has 0 radical (unpaired) electrons. The molecule has 1 heterocycles. The Labute approximate surface area is 152 Å². The van der Waals surface area contributed by atoms with Crippen molar-refractivity contribution in [2.24, 2.45) is 5.92 Å². The fourth-order valence-corrected chi connectivity index (χ4v) is 3.03. The van der Waals surface area contributed by atoms with Crippen LogP contribution in [0.2, 0.25) is 5.02 Å². The van der Waals surface area contributed by atoms with Crippen molar-refractivity contribution < 1.29 is 0 Å². The second kappa shape index (κ2) is 7.38. The van der Waals surface area contributed by atoms with Crippen LogP contribution >= 0.6 is 11.6 Å². The largest absolute Gasteiger partial charge is 0.307 e. The smallest absolute Gasteiger partial charge is 0.266 e. The van der Waals surface area contributed by atoms with Crippen LogP contribution in [0.3, 0.4) is 0 Å². The molecule has 1 N–H and O–H groups in total. The van der Waals surface area contributed by atoms with E-state index < -0.39 is 0 Å². The summed E-state index contributed by atoms with van der Waals surface area (Å²) >= 11 is 6.38. The number of benzene rings is 2. The zero-order valence-electron chi connectivity index (χ0n) is 14.7. The molecule has 0 saturated heterocycles. The normalized spacial score (nSPS) is 12.7. The minimum Gasteiger partial charge on any atom is -0.307 e. The third kappa shape index (κ3) is 3.60. The van der Waals surface area contributed by atoms with Gasteiger partial charge in [-0.2, -0.15) is 0 Å². The molecular formula is C20H22ClN3O. The molecule has 3 aromatic rings. The second-order valence-electron chi connectivity index (χ2n) is 6.60. The Hall–Kier alpha value is -2.17. The molecule has 0 amide bonds. The summed E-state index contributed by atoms with van der Waals surface area (Å²) in [6.45, 7) is 7.15. The Morgan fingerprint density at radius 2 is 1.76 bits per heavy atom. The van der Waals surface area contributed by atoms with Gasteiger partial charge in [0.1, 0.15) is 5.82 Å². The van der Waals surface area contributed by atoms with Gasteiger partial charge in [0.2, 0.25) is 0 Å². The van der Waals surface area contributed by atoms with Crippen LogP contribution in [0.25, 0.3) is 16.6 Å². The molecule has 0 aliphatic heterocycles. The van der Waals surface area contributed by atoms with E-state index >= 15 is 0 Å². The van der Waals surface area contributed by atoms with Crippen LogP contribution in [-0.2, 0) is 0 Å². The molecule has 1 unspecified atom stereocenters. The van der Waals surface area contributed by atoms with E-state index in [-0.39, 0.29) is 11.6 Å². The maximum atomic E-state index is 13.2. The van der Waals surface area contributed by atoms with Crippen molar-refractivity contribution in [2.75, 3.05) is 6.54 Å². The standard InChI is InChI=1S/C20H22ClN3O/c1-13(2)12-22-14(3)19-23-17-10-6-4-8-15(17)20(25)24(19)18-11-7-5-9-16(18)21/h4-11,13-14,22H,12H2,1-3H3. The third-order valence-corrected chi connectivity index (χ3v) is 4.43. The molecule has 1 aromatic heterocycles. The number of para-hydroxylation sites is 2. The number of halogens is 1. The monoisotopic (exact) mass is 355 g/mol. The Morgan fingerprint density at radius 1 is 1.08 bits per heavy atom. The molecule has 0 aliphatic rings. The van der Waals surface area contributed by atoms with Crippen LogP contribution in [0.15, 0.2) is 53.3 Å². The maximum absolute atomic E-state index is 13.2. The van der Waals surface area contributed by atoms with Gasteiger partial charge in [-0.1, -0.05) is 49.7 Å². The van der Waals surface area contributed by atoms with Crippen molar-refractivity contribution in [3.8, 4) is 5.69 Å². The molecule has 1 atom stereocenters. The van der Waals surface area contributed by atoms with Gasteiger partial charge < -0.3 is 5.32 Å². The van der Waals surface area contributed by atoms with Crippen LogP contribution < -0.4 is 10.9 Å². The number of nitrogens with zero attached hydrogens (tertiary/aromatic N) is 2. The summed E-state index contributed by atoms with van der Waals surface area (Å²) in [4.78, 5) is 18.0. The van der Waals surface area contributed by atoms with Crippen molar-refractivity contribution in [1.82, 2.24) is 14.9 Å². The van der Waals surface area contributed by atoms with Gasteiger partial charge in [-0.05, 0) is 43.7 Å². The summed E-state index contributed by atoms with van der Waals surface area (Å²) in [5.74, 6) is 1.17.